The van der Waals surface area contributed by atoms with Crippen molar-refractivity contribution in [3.63, 3.8) is 0 Å². The van der Waals surface area contributed by atoms with Crippen LogP contribution in [-0.4, -0.2) is 23.8 Å². The van der Waals surface area contributed by atoms with Gasteiger partial charge in [0.15, 0.2) is 5.96 Å². The minimum atomic E-state index is -0.682. The number of terminal acetylenes is 1. The first-order valence-corrected chi connectivity index (χ1v) is 8.47. The summed E-state index contributed by atoms with van der Waals surface area (Å²) in [7, 11) is 1.62. The average molecular weight is 348 g/mol. The maximum atomic E-state index is 12.1. The van der Waals surface area contributed by atoms with E-state index in [0.29, 0.717) is 11.1 Å². The Morgan fingerprint density at radius 3 is 2.68 bits per heavy atom. The summed E-state index contributed by atoms with van der Waals surface area (Å²) in [6.07, 6.45) is 5.74. The van der Waals surface area contributed by atoms with Gasteiger partial charge in [-0.3, -0.25) is 9.69 Å². The van der Waals surface area contributed by atoms with Crippen LogP contribution in [-0.2, 0) is 10.3 Å². The van der Waals surface area contributed by atoms with Gasteiger partial charge in [-0.25, -0.2) is 4.99 Å². The minimum Gasteiger partial charge on any atom is -0.369 e. The first-order valence-electron chi connectivity index (χ1n) is 7.59. The second-order valence-corrected chi connectivity index (χ2v) is 7.04. The van der Waals surface area contributed by atoms with E-state index in [0.717, 1.165) is 16.0 Å². The smallest absolute Gasteiger partial charge is 0.231 e. The Kier molecular flexibility index (Phi) is 4.08. The van der Waals surface area contributed by atoms with Crippen molar-refractivity contribution in [1.29, 1.82) is 5.26 Å². The molecule has 5 nitrogen and oxygen atoms in total. The zero-order valence-corrected chi connectivity index (χ0v) is 14.7. The van der Waals surface area contributed by atoms with Crippen LogP contribution in [0.25, 0.3) is 11.1 Å². The molecule has 1 aliphatic rings. The number of benzene rings is 1. The van der Waals surface area contributed by atoms with Gasteiger partial charge in [-0.15, -0.1) is 17.8 Å². The van der Waals surface area contributed by atoms with Gasteiger partial charge in [-0.05, 0) is 47.7 Å². The third-order valence-electron chi connectivity index (χ3n) is 4.27. The van der Waals surface area contributed by atoms with Crippen LogP contribution in [0.15, 0.2) is 34.6 Å². The van der Waals surface area contributed by atoms with E-state index in [-0.39, 0.29) is 18.3 Å². The van der Waals surface area contributed by atoms with Crippen LogP contribution < -0.4 is 5.73 Å². The molecule has 0 saturated heterocycles. The van der Waals surface area contributed by atoms with Crippen molar-refractivity contribution in [3.05, 3.63) is 45.6 Å². The zero-order chi connectivity index (χ0) is 18.2. The predicted molar refractivity (Wildman–Crippen MR) is 98.8 cm³/mol. The van der Waals surface area contributed by atoms with E-state index in [9.17, 15) is 10.1 Å². The normalized spacial score (nSPS) is 19.9. The molecule has 1 aromatic carbocycles. The molecule has 1 aromatic heterocycles. The molecule has 0 radical (unpaired) electrons. The van der Waals surface area contributed by atoms with Gasteiger partial charge >= 0.3 is 0 Å². The van der Waals surface area contributed by atoms with Gasteiger partial charge in [-0.1, -0.05) is 5.92 Å². The Hall–Kier alpha value is -3.09. The lowest BCUT2D eigenvalue weighted by Gasteiger charge is -2.32. The van der Waals surface area contributed by atoms with Gasteiger partial charge in [0.1, 0.15) is 5.54 Å². The summed E-state index contributed by atoms with van der Waals surface area (Å²) in [4.78, 5) is 19.0. The van der Waals surface area contributed by atoms with Gasteiger partial charge < -0.3 is 5.73 Å². The number of hydrogen-bond acceptors (Lipinski definition) is 5. The summed E-state index contributed by atoms with van der Waals surface area (Å²) >= 11 is 1.51. The van der Waals surface area contributed by atoms with Crippen LogP contribution in [0.2, 0.25) is 0 Å². The van der Waals surface area contributed by atoms with Gasteiger partial charge in [-0.2, -0.15) is 5.26 Å². The van der Waals surface area contributed by atoms with Gasteiger partial charge in [0.25, 0.3) is 0 Å². The van der Waals surface area contributed by atoms with Gasteiger partial charge in [0, 0.05) is 17.5 Å². The third kappa shape index (κ3) is 3.00. The number of aliphatic imine (C=N–C) groups is 1. The van der Waals surface area contributed by atoms with Crippen molar-refractivity contribution in [1.82, 2.24) is 4.90 Å². The fourth-order valence-corrected chi connectivity index (χ4v) is 3.79. The first kappa shape index (κ1) is 16.8. The minimum absolute atomic E-state index is 0.0638. The molecule has 2 heterocycles. The van der Waals surface area contributed by atoms with Crippen LogP contribution >= 0.6 is 11.3 Å². The molecule has 0 saturated carbocycles. The standard InChI is InChI=1S/C19H16N4OS/c1-4-12-5-13(10-20)7-14(6-12)15-8-16(25-11-15)19(2)9-17(24)23(3)18(21)22-19/h1,5-8,11H,9H2,2-3H3,(H2,21,22)/t19-/m0/s1. The fraction of sp³-hybridized carbons (Fsp3) is 0.211. The number of amides is 1. The highest BCUT2D eigenvalue weighted by atomic mass is 32.1. The summed E-state index contributed by atoms with van der Waals surface area (Å²) < 4.78 is 0. The van der Waals surface area contributed by atoms with Crippen LogP contribution in [0.1, 0.15) is 29.3 Å². The quantitative estimate of drug-likeness (QED) is 0.847. The third-order valence-corrected chi connectivity index (χ3v) is 5.45. The van der Waals surface area contributed by atoms with E-state index in [1.807, 2.05) is 24.4 Å². The monoisotopic (exact) mass is 348 g/mol. The molecule has 2 N–H and O–H groups in total. The Bertz CT molecular complexity index is 944. The van der Waals surface area contributed by atoms with Crippen LogP contribution in [0.3, 0.4) is 0 Å². The van der Waals surface area contributed by atoms with E-state index in [1.54, 1.807) is 19.2 Å². The molecule has 0 spiro atoms. The number of nitriles is 1. The van der Waals surface area contributed by atoms with E-state index in [4.69, 9.17) is 12.2 Å². The average Bonchev–Trinajstić information content (AvgIpc) is 3.10. The number of nitrogens with two attached hydrogens (primary N) is 1. The molecule has 1 amide bonds. The molecule has 0 fully saturated rings. The predicted octanol–water partition coefficient (Wildman–Crippen LogP) is 2.66. The molecule has 124 valence electrons. The number of thiophene rings is 1. The number of carbonyl (C=O) groups is 1. The molecule has 25 heavy (non-hydrogen) atoms. The molecular weight excluding hydrogens is 332 g/mol. The van der Waals surface area contributed by atoms with Gasteiger partial charge in [0.05, 0.1) is 18.1 Å². The lowest BCUT2D eigenvalue weighted by molar-refractivity contribution is -0.128. The van der Waals surface area contributed by atoms with Crippen molar-refractivity contribution in [2.45, 2.75) is 18.9 Å². The highest BCUT2D eigenvalue weighted by Gasteiger charge is 2.37. The highest BCUT2D eigenvalue weighted by molar-refractivity contribution is 7.10. The Morgan fingerprint density at radius 1 is 1.32 bits per heavy atom. The summed E-state index contributed by atoms with van der Waals surface area (Å²) in [6.45, 7) is 1.90. The van der Waals surface area contributed by atoms with E-state index in [1.165, 1.54) is 16.2 Å². The Morgan fingerprint density at radius 2 is 2.04 bits per heavy atom. The zero-order valence-electron chi connectivity index (χ0n) is 13.9. The summed E-state index contributed by atoms with van der Waals surface area (Å²) in [5, 5.41) is 11.2. The number of carbonyl (C=O) groups excluding carboxylic acids is 1. The second-order valence-electron chi connectivity index (χ2n) is 6.13. The summed E-state index contributed by atoms with van der Waals surface area (Å²) in [5.41, 5.74) is 8.18. The molecule has 1 atom stereocenters. The largest absolute Gasteiger partial charge is 0.369 e. The fourth-order valence-electron chi connectivity index (χ4n) is 2.76. The van der Waals surface area contributed by atoms with Gasteiger partial charge in [0.2, 0.25) is 5.91 Å². The van der Waals surface area contributed by atoms with Crippen LogP contribution in [0, 0.1) is 23.7 Å². The number of hydrogen-bond donors (Lipinski definition) is 1. The molecule has 0 aliphatic carbocycles. The number of rotatable bonds is 2. The van der Waals surface area contributed by atoms with Crippen molar-refractivity contribution in [3.8, 4) is 29.5 Å². The van der Waals surface area contributed by atoms with E-state index >= 15 is 0 Å². The molecule has 0 unspecified atom stereocenters. The molecular formula is C19H16N4OS. The van der Waals surface area contributed by atoms with Crippen molar-refractivity contribution < 1.29 is 4.79 Å². The lowest BCUT2D eigenvalue weighted by Crippen LogP contribution is -2.47. The Balaban J connectivity index is 2.03. The highest BCUT2D eigenvalue weighted by Crippen LogP contribution is 2.39. The maximum absolute atomic E-state index is 12.1. The number of guanidine groups is 1. The first-order chi connectivity index (χ1) is 11.9. The van der Waals surface area contributed by atoms with Crippen molar-refractivity contribution in [2.75, 3.05) is 7.05 Å². The molecule has 0 bridgehead atoms. The Labute approximate surface area is 150 Å². The SMILES string of the molecule is C#Cc1cc(C#N)cc(-c2csc([C@]3(C)CC(=O)N(C)C(N)=N3)c2)c1. The molecule has 6 heteroatoms. The summed E-state index contributed by atoms with van der Waals surface area (Å²) in [5.74, 6) is 2.72. The molecule has 2 aromatic rings. The summed E-state index contributed by atoms with van der Waals surface area (Å²) in [6, 6.07) is 9.45. The van der Waals surface area contributed by atoms with Crippen molar-refractivity contribution in [2.24, 2.45) is 10.7 Å². The second kappa shape index (κ2) is 6.08. The molecule has 3 rings (SSSR count). The lowest BCUT2D eigenvalue weighted by atomic mass is 9.93. The molecule has 1 aliphatic heterocycles. The maximum Gasteiger partial charge on any atom is 0.231 e. The van der Waals surface area contributed by atoms with Crippen molar-refractivity contribution >= 4 is 23.2 Å². The van der Waals surface area contributed by atoms with Crippen LogP contribution in [0.4, 0.5) is 0 Å². The topological polar surface area (TPSA) is 82.5 Å². The number of nitrogens with zero attached hydrogens (tertiary/aromatic N) is 3. The van der Waals surface area contributed by atoms with Crippen LogP contribution in [0.5, 0.6) is 0 Å². The van der Waals surface area contributed by atoms with E-state index in [2.05, 4.69) is 17.0 Å². The van der Waals surface area contributed by atoms with E-state index < -0.39 is 5.54 Å².